The average Bonchev–Trinajstić information content (AvgIpc) is 2.08. The van der Waals surface area contributed by atoms with E-state index in [1.165, 1.54) is 6.07 Å². The Morgan fingerprint density at radius 2 is 2.08 bits per heavy atom. The van der Waals surface area contributed by atoms with Gasteiger partial charge in [0.15, 0.2) is 17.7 Å². The fourth-order valence-electron chi connectivity index (χ4n) is 0.881. The molecule has 0 fully saturated rings. The normalized spacial score (nSPS) is 12.5. The number of carboxylic acids is 1. The number of hydrogen-bond donors (Lipinski definition) is 3. The van der Waals surface area contributed by atoms with Crippen LogP contribution in [0.3, 0.4) is 0 Å². The zero-order valence-corrected chi connectivity index (χ0v) is 6.44. The van der Waals surface area contributed by atoms with Gasteiger partial charge in [-0.3, -0.25) is 0 Å². The van der Waals surface area contributed by atoms with Gasteiger partial charge < -0.3 is 15.3 Å². The minimum Gasteiger partial charge on any atom is -0.505 e. The zero-order chi connectivity index (χ0) is 10.0. The first-order valence-corrected chi connectivity index (χ1v) is 3.42. The van der Waals surface area contributed by atoms with E-state index >= 15 is 0 Å². The van der Waals surface area contributed by atoms with E-state index in [2.05, 4.69) is 0 Å². The lowest BCUT2D eigenvalue weighted by molar-refractivity contribution is -0.147. The second-order valence-electron chi connectivity index (χ2n) is 2.42. The molecule has 13 heavy (non-hydrogen) atoms. The number of aliphatic carboxylic acids is 1. The summed E-state index contributed by atoms with van der Waals surface area (Å²) in [5.41, 5.74) is -0.451. The monoisotopic (exact) mass is 186 g/mol. The number of halogens is 1. The van der Waals surface area contributed by atoms with Crippen molar-refractivity contribution < 1.29 is 24.5 Å². The van der Waals surface area contributed by atoms with Gasteiger partial charge in [-0.25, -0.2) is 9.18 Å². The number of aliphatic hydroxyl groups excluding tert-OH is 1. The van der Waals surface area contributed by atoms with Crippen molar-refractivity contribution in [1.29, 1.82) is 0 Å². The highest BCUT2D eigenvalue weighted by Gasteiger charge is 2.21. The number of aliphatic hydroxyl groups is 1. The first kappa shape index (κ1) is 9.47. The van der Waals surface area contributed by atoms with Crippen LogP contribution in [-0.2, 0) is 4.79 Å². The number of phenolic OH excluding ortho intramolecular Hbond substituents is 1. The summed E-state index contributed by atoms with van der Waals surface area (Å²) in [6.45, 7) is 0. The lowest BCUT2D eigenvalue weighted by Crippen LogP contribution is -2.12. The van der Waals surface area contributed by atoms with Gasteiger partial charge in [0.1, 0.15) is 0 Å². The summed E-state index contributed by atoms with van der Waals surface area (Å²) in [6, 6.07) is 3.40. The number of carbonyl (C=O) groups is 1. The largest absolute Gasteiger partial charge is 0.505 e. The Balaban J connectivity index is 3.15. The van der Waals surface area contributed by atoms with Gasteiger partial charge in [0.2, 0.25) is 0 Å². The molecule has 0 bridgehead atoms. The van der Waals surface area contributed by atoms with E-state index in [9.17, 15) is 9.18 Å². The minimum atomic E-state index is -1.95. The van der Waals surface area contributed by atoms with Gasteiger partial charge in [-0.2, -0.15) is 0 Å². The second-order valence-corrected chi connectivity index (χ2v) is 2.42. The third-order valence-corrected chi connectivity index (χ3v) is 1.54. The molecule has 1 aromatic rings. The topological polar surface area (TPSA) is 77.8 Å². The standard InChI is InChI=1S/C8H7FO4/c9-6-4(7(11)8(12)13)2-1-3-5(6)10/h1-3,7,10-11H,(H,12,13). The molecule has 0 aliphatic rings. The van der Waals surface area contributed by atoms with Crippen molar-refractivity contribution in [3.63, 3.8) is 0 Å². The molecule has 0 amide bonds. The SMILES string of the molecule is O=C(O)C(O)c1cccc(O)c1F. The number of rotatable bonds is 2. The maximum atomic E-state index is 12.9. The molecule has 0 aliphatic carbocycles. The summed E-state index contributed by atoms with van der Waals surface area (Å²) in [5.74, 6) is -3.36. The fraction of sp³-hybridized carbons (Fsp3) is 0.125. The molecule has 0 aliphatic heterocycles. The summed E-state index contributed by atoms with van der Waals surface area (Å²) in [7, 11) is 0. The fourth-order valence-corrected chi connectivity index (χ4v) is 0.881. The van der Waals surface area contributed by atoms with Crippen LogP contribution in [0.15, 0.2) is 18.2 Å². The molecular weight excluding hydrogens is 179 g/mol. The van der Waals surface area contributed by atoms with Crippen molar-refractivity contribution in [2.75, 3.05) is 0 Å². The highest BCUT2D eigenvalue weighted by molar-refractivity contribution is 5.74. The van der Waals surface area contributed by atoms with Gasteiger partial charge in [-0.05, 0) is 6.07 Å². The second kappa shape index (κ2) is 3.40. The van der Waals surface area contributed by atoms with E-state index in [0.717, 1.165) is 12.1 Å². The molecule has 3 N–H and O–H groups in total. The molecule has 1 unspecified atom stereocenters. The van der Waals surface area contributed by atoms with Gasteiger partial charge in [0.25, 0.3) is 0 Å². The summed E-state index contributed by atoms with van der Waals surface area (Å²) >= 11 is 0. The highest BCUT2D eigenvalue weighted by atomic mass is 19.1. The molecule has 1 aromatic carbocycles. The Hall–Kier alpha value is -1.62. The van der Waals surface area contributed by atoms with Crippen LogP contribution >= 0.6 is 0 Å². The van der Waals surface area contributed by atoms with Crippen molar-refractivity contribution in [3.05, 3.63) is 29.6 Å². The van der Waals surface area contributed by atoms with Crippen LogP contribution in [0.25, 0.3) is 0 Å². The lowest BCUT2D eigenvalue weighted by atomic mass is 10.1. The minimum absolute atomic E-state index is 0.451. The van der Waals surface area contributed by atoms with E-state index in [4.69, 9.17) is 15.3 Å². The maximum absolute atomic E-state index is 12.9. The zero-order valence-electron chi connectivity index (χ0n) is 6.44. The Morgan fingerprint density at radius 1 is 1.46 bits per heavy atom. The molecule has 0 heterocycles. The molecule has 1 atom stereocenters. The molecule has 4 nitrogen and oxygen atoms in total. The summed E-state index contributed by atoms with van der Waals surface area (Å²) < 4.78 is 12.9. The Kier molecular flexibility index (Phi) is 2.48. The van der Waals surface area contributed by atoms with E-state index in [1.807, 2.05) is 0 Å². The van der Waals surface area contributed by atoms with E-state index in [0.29, 0.717) is 0 Å². The maximum Gasteiger partial charge on any atom is 0.337 e. The van der Waals surface area contributed by atoms with Crippen molar-refractivity contribution in [1.82, 2.24) is 0 Å². The predicted octanol–water partition coefficient (Wildman–Crippen LogP) is 0.649. The molecule has 0 aromatic heterocycles. The summed E-state index contributed by atoms with van der Waals surface area (Å²) in [4.78, 5) is 10.3. The van der Waals surface area contributed by atoms with Gasteiger partial charge in [0, 0.05) is 5.56 Å². The van der Waals surface area contributed by atoms with Gasteiger partial charge in [-0.15, -0.1) is 0 Å². The number of hydrogen-bond acceptors (Lipinski definition) is 3. The smallest absolute Gasteiger partial charge is 0.337 e. The van der Waals surface area contributed by atoms with Crippen LogP contribution in [0.5, 0.6) is 5.75 Å². The van der Waals surface area contributed by atoms with Crippen LogP contribution in [0.1, 0.15) is 11.7 Å². The Labute approximate surface area is 72.9 Å². The van der Waals surface area contributed by atoms with Crippen molar-refractivity contribution in [3.8, 4) is 5.75 Å². The summed E-state index contributed by atoms with van der Waals surface area (Å²) in [6.07, 6.45) is -1.95. The van der Waals surface area contributed by atoms with Gasteiger partial charge in [-0.1, -0.05) is 12.1 Å². The highest BCUT2D eigenvalue weighted by Crippen LogP contribution is 2.23. The molecule has 0 saturated heterocycles. The van der Waals surface area contributed by atoms with E-state index in [-0.39, 0.29) is 0 Å². The van der Waals surface area contributed by atoms with Crippen LogP contribution in [0, 0.1) is 5.82 Å². The lowest BCUT2D eigenvalue weighted by Gasteiger charge is -2.07. The third-order valence-electron chi connectivity index (χ3n) is 1.54. The van der Waals surface area contributed by atoms with E-state index < -0.39 is 29.2 Å². The van der Waals surface area contributed by atoms with Gasteiger partial charge >= 0.3 is 5.97 Å². The number of phenols is 1. The molecule has 0 saturated carbocycles. The molecular formula is C8H7FO4. The Bertz CT molecular complexity index is 337. The number of aromatic hydroxyl groups is 1. The van der Waals surface area contributed by atoms with Crippen molar-refractivity contribution in [2.24, 2.45) is 0 Å². The molecule has 70 valence electrons. The molecule has 1 rings (SSSR count). The number of carboxylic acid groups (broad SMARTS) is 1. The third kappa shape index (κ3) is 1.75. The van der Waals surface area contributed by atoms with E-state index in [1.54, 1.807) is 0 Å². The molecule has 5 heteroatoms. The van der Waals surface area contributed by atoms with Crippen LogP contribution in [-0.4, -0.2) is 21.3 Å². The predicted molar refractivity (Wildman–Crippen MR) is 40.7 cm³/mol. The van der Waals surface area contributed by atoms with Crippen molar-refractivity contribution >= 4 is 5.97 Å². The van der Waals surface area contributed by atoms with Crippen LogP contribution < -0.4 is 0 Å². The first-order valence-electron chi connectivity index (χ1n) is 3.42. The van der Waals surface area contributed by atoms with Crippen LogP contribution in [0.2, 0.25) is 0 Å². The average molecular weight is 186 g/mol. The quantitative estimate of drug-likeness (QED) is 0.633. The Morgan fingerprint density at radius 3 is 2.62 bits per heavy atom. The number of benzene rings is 1. The van der Waals surface area contributed by atoms with Crippen LogP contribution in [0.4, 0.5) is 4.39 Å². The van der Waals surface area contributed by atoms with Crippen molar-refractivity contribution in [2.45, 2.75) is 6.10 Å². The molecule has 0 spiro atoms. The summed E-state index contributed by atoms with van der Waals surface area (Å²) in [5, 5.41) is 26.2. The van der Waals surface area contributed by atoms with Gasteiger partial charge in [0.05, 0.1) is 0 Å². The first-order chi connectivity index (χ1) is 6.04. The molecule has 0 radical (unpaired) electrons.